The van der Waals surface area contributed by atoms with Crippen molar-refractivity contribution in [2.45, 2.75) is 19.1 Å². The van der Waals surface area contributed by atoms with Gasteiger partial charge in [0.1, 0.15) is 0 Å². The van der Waals surface area contributed by atoms with Gasteiger partial charge in [-0.05, 0) is 5.56 Å². The van der Waals surface area contributed by atoms with E-state index >= 15 is 0 Å². The number of halogens is 1. The number of nitriles is 1. The molecule has 0 unspecified atom stereocenters. The first-order chi connectivity index (χ1) is 6.86. The minimum absolute atomic E-state index is 0.165. The Kier molecular flexibility index (Phi) is 5.06. The standard InChI is InChI=1S/C11H12ClNO/c12-8-11(6-7-13)14-9-10-4-2-1-3-5-10/h1-5,11H,6,8-9H2/t11-/m1/s1. The summed E-state index contributed by atoms with van der Waals surface area (Å²) < 4.78 is 5.46. The predicted octanol–water partition coefficient (Wildman–Crippen LogP) is 2.72. The van der Waals surface area contributed by atoms with Gasteiger partial charge < -0.3 is 4.74 Å². The molecule has 0 saturated carbocycles. The molecule has 0 aliphatic carbocycles. The SMILES string of the molecule is N#CC[C@H](CCl)OCc1ccccc1. The van der Waals surface area contributed by atoms with Gasteiger partial charge in [0.25, 0.3) is 0 Å². The Morgan fingerprint density at radius 2 is 2.07 bits per heavy atom. The van der Waals surface area contributed by atoms with Crippen LogP contribution in [-0.4, -0.2) is 12.0 Å². The molecule has 0 bridgehead atoms. The average molecular weight is 210 g/mol. The minimum atomic E-state index is -0.165. The number of ether oxygens (including phenoxy) is 1. The molecular weight excluding hydrogens is 198 g/mol. The first-order valence-electron chi connectivity index (χ1n) is 4.45. The summed E-state index contributed by atoms with van der Waals surface area (Å²) in [4.78, 5) is 0. The van der Waals surface area contributed by atoms with E-state index < -0.39 is 0 Å². The van der Waals surface area contributed by atoms with Crippen molar-refractivity contribution in [1.29, 1.82) is 5.26 Å². The second-order valence-corrected chi connectivity index (χ2v) is 3.24. The fraction of sp³-hybridized carbons (Fsp3) is 0.364. The Morgan fingerprint density at radius 1 is 1.36 bits per heavy atom. The molecule has 0 N–H and O–H groups in total. The van der Waals surface area contributed by atoms with Gasteiger partial charge >= 0.3 is 0 Å². The highest BCUT2D eigenvalue weighted by Crippen LogP contribution is 2.06. The van der Waals surface area contributed by atoms with Crippen molar-refractivity contribution >= 4 is 11.6 Å². The third-order valence-electron chi connectivity index (χ3n) is 1.82. The Morgan fingerprint density at radius 3 is 2.64 bits per heavy atom. The summed E-state index contributed by atoms with van der Waals surface area (Å²) in [6, 6.07) is 11.9. The van der Waals surface area contributed by atoms with Gasteiger partial charge in [-0.15, -0.1) is 11.6 Å². The van der Waals surface area contributed by atoms with Crippen LogP contribution in [0.4, 0.5) is 0 Å². The minimum Gasteiger partial charge on any atom is -0.371 e. The molecule has 0 fully saturated rings. The van der Waals surface area contributed by atoms with Gasteiger partial charge in [-0.1, -0.05) is 30.3 Å². The molecule has 1 rings (SSSR count). The Balaban J connectivity index is 2.36. The first-order valence-corrected chi connectivity index (χ1v) is 4.98. The summed E-state index contributed by atoms with van der Waals surface area (Å²) in [5.41, 5.74) is 1.10. The van der Waals surface area contributed by atoms with Gasteiger partial charge in [0.2, 0.25) is 0 Å². The first kappa shape index (κ1) is 11.0. The van der Waals surface area contributed by atoms with Crippen LogP contribution in [0.15, 0.2) is 30.3 Å². The molecule has 0 heterocycles. The maximum absolute atomic E-state index is 8.48. The molecule has 0 radical (unpaired) electrons. The Hall–Kier alpha value is -1.04. The maximum atomic E-state index is 8.48. The zero-order chi connectivity index (χ0) is 10.2. The number of nitrogens with zero attached hydrogens (tertiary/aromatic N) is 1. The number of hydrogen-bond donors (Lipinski definition) is 0. The van der Waals surface area contributed by atoms with Crippen LogP contribution in [-0.2, 0) is 11.3 Å². The van der Waals surface area contributed by atoms with Crippen LogP contribution in [0.25, 0.3) is 0 Å². The molecule has 0 aliphatic heterocycles. The van der Waals surface area contributed by atoms with Crippen LogP contribution >= 0.6 is 11.6 Å². The van der Waals surface area contributed by atoms with Gasteiger partial charge in [0, 0.05) is 5.88 Å². The van der Waals surface area contributed by atoms with E-state index in [4.69, 9.17) is 21.6 Å². The van der Waals surface area contributed by atoms with Crippen molar-refractivity contribution in [3.05, 3.63) is 35.9 Å². The third kappa shape index (κ3) is 3.78. The van der Waals surface area contributed by atoms with Crippen molar-refractivity contribution < 1.29 is 4.74 Å². The van der Waals surface area contributed by atoms with Gasteiger partial charge in [-0.2, -0.15) is 5.26 Å². The van der Waals surface area contributed by atoms with Crippen LogP contribution in [0.3, 0.4) is 0 Å². The zero-order valence-electron chi connectivity index (χ0n) is 7.82. The molecule has 14 heavy (non-hydrogen) atoms. The van der Waals surface area contributed by atoms with E-state index in [1.807, 2.05) is 36.4 Å². The summed E-state index contributed by atoms with van der Waals surface area (Å²) in [6.45, 7) is 0.514. The van der Waals surface area contributed by atoms with E-state index in [1.54, 1.807) is 0 Å². The van der Waals surface area contributed by atoms with Crippen molar-refractivity contribution in [3.63, 3.8) is 0 Å². The van der Waals surface area contributed by atoms with Crippen LogP contribution in [0.2, 0.25) is 0 Å². The topological polar surface area (TPSA) is 33.0 Å². The van der Waals surface area contributed by atoms with Gasteiger partial charge in [-0.25, -0.2) is 0 Å². The molecule has 1 aromatic rings. The van der Waals surface area contributed by atoms with Crippen molar-refractivity contribution in [1.82, 2.24) is 0 Å². The number of hydrogen-bond acceptors (Lipinski definition) is 2. The zero-order valence-corrected chi connectivity index (χ0v) is 8.57. The highest BCUT2D eigenvalue weighted by Gasteiger charge is 2.06. The molecule has 1 aromatic carbocycles. The molecule has 0 aliphatic rings. The van der Waals surface area contributed by atoms with Crippen LogP contribution in [0.5, 0.6) is 0 Å². The molecule has 2 nitrogen and oxygen atoms in total. The van der Waals surface area contributed by atoms with E-state index in [-0.39, 0.29) is 6.10 Å². The van der Waals surface area contributed by atoms with E-state index in [0.717, 1.165) is 5.56 Å². The summed E-state index contributed by atoms with van der Waals surface area (Å²) in [6.07, 6.45) is 0.179. The second kappa shape index (κ2) is 6.42. The Bertz CT molecular complexity index is 294. The summed E-state index contributed by atoms with van der Waals surface area (Å²) in [5, 5.41) is 8.48. The van der Waals surface area contributed by atoms with E-state index in [0.29, 0.717) is 18.9 Å². The maximum Gasteiger partial charge on any atom is 0.0844 e. The van der Waals surface area contributed by atoms with E-state index in [9.17, 15) is 0 Å². The molecule has 0 spiro atoms. The Labute approximate surface area is 89.1 Å². The fourth-order valence-electron chi connectivity index (χ4n) is 1.05. The molecule has 3 heteroatoms. The average Bonchev–Trinajstić information content (AvgIpc) is 2.25. The number of benzene rings is 1. The molecule has 0 amide bonds. The highest BCUT2D eigenvalue weighted by molar-refractivity contribution is 6.18. The lowest BCUT2D eigenvalue weighted by atomic mass is 10.2. The monoisotopic (exact) mass is 209 g/mol. The van der Waals surface area contributed by atoms with Crippen LogP contribution in [0, 0.1) is 11.3 Å². The van der Waals surface area contributed by atoms with Crippen molar-refractivity contribution in [2.24, 2.45) is 0 Å². The van der Waals surface area contributed by atoms with Gasteiger partial charge in [0.05, 0.1) is 25.2 Å². The predicted molar refractivity (Wildman–Crippen MR) is 56.0 cm³/mol. The van der Waals surface area contributed by atoms with Gasteiger partial charge in [0.15, 0.2) is 0 Å². The number of alkyl halides is 1. The van der Waals surface area contributed by atoms with E-state index in [1.165, 1.54) is 0 Å². The number of rotatable bonds is 5. The molecule has 0 saturated heterocycles. The lowest BCUT2D eigenvalue weighted by Gasteiger charge is -2.11. The van der Waals surface area contributed by atoms with Crippen LogP contribution < -0.4 is 0 Å². The van der Waals surface area contributed by atoms with Crippen molar-refractivity contribution in [2.75, 3.05) is 5.88 Å². The van der Waals surface area contributed by atoms with Crippen LogP contribution in [0.1, 0.15) is 12.0 Å². The van der Waals surface area contributed by atoms with Gasteiger partial charge in [-0.3, -0.25) is 0 Å². The quantitative estimate of drug-likeness (QED) is 0.699. The lowest BCUT2D eigenvalue weighted by Crippen LogP contribution is -2.13. The molecule has 0 aromatic heterocycles. The largest absolute Gasteiger partial charge is 0.371 e. The normalized spacial score (nSPS) is 12.0. The summed E-state index contributed by atoms with van der Waals surface area (Å²) in [5.74, 6) is 0.362. The molecule has 1 atom stereocenters. The smallest absolute Gasteiger partial charge is 0.0844 e. The highest BCUT2D eigenvalue weighted by atomic mass is 35.5. The molecule has 74 valence electrons. The summed E-state index contributed by atoms with van der Waals surface area (Å²) >= 11 is 5.64. The molecular formula is C11H12ClNO. The third-order valence-corrected chi connectivity index (χ3v) is 2.16. The second-order valence-electron chi connectivity index (χ2n) is 2.94. The fourth-order valence-corrected chi connectivity index (χ4v) is 1.25. The lowest BCUT2D eigenvalue weighted by molar-refractivity contribution is 0.0586. The summed E-state index contributed by atoms with van der Waals surface area (Å²) in [7, 11) is 0. The van der Waals surface area contributed by atoms with E-state index in [2.05, 4.69) is 0 Å². The van der Waals surface area contributed by atoms with Crippen molar-refractivity contribution in [3.8, 4) is 6.07 Å².